The molecular weight excluding hydrogens is 294 g/mol. The Bertz CT molecular complexity index is 591. The van der Waals surface area contributed by atoms with Crippen LogP contribution in [0.3, 0.4) is 0 Å². The van der Waals surface area contributed by atoms with E-state index < -0.39 is 0 Å². The van der Waals surface area contributed by atoms with Crippen molar-refractivity contribution < 1.29 is 19.1 Å². The van der Waals surface area contributed by atoms with Gasteiger partial charge in [0.15, 0.2) is 5.78 Å². The molecule has 1 aromatic carbocycles. The molecule has 2 aliphatic rings. The topological polar surface area (TPSA) is 55.8 Å². The number of piperidine rings is 1. The zero-order valence-corrected chi connectivity index (χ0v) is 13.5. The van der Waals surface area contributed by atoms with Gasteiger partial charge in [0.2, 0.25) is 0 Å². The van der Waals surface area contributed by atoms with E-state index in [1.807, 2.05) is 25.1 Å². The number of benzene rings is 1. The van der Waals surface area contributed by atoms with Crippen LogP contribution in [-0.4, -0.2) is 49.5 Å². The van der Waals surface area contributed by atoms with E-state index in [9.17, 15) is 9.59 Å². The van der Waals surface area contributed by atoms with Gasteiger partial charge in [-0.05, 0) is 56.6 Å². The molecule has 0 spiro atoms. The molecule has 1 aromatic rings. The molecule has 0 bridgehead atoms. The van der Waals surface area contributed by atoms with E-state index in [-0.39, 0.29) is 17.7 Å². The summed E-state index contributed by atoms with van der Waals surface area (Å²) in [6, 6.07) is 5.76. The van der Waals surface area contributed by atoms with Crippen molar-refractivity contribution >= 4 is 11.8 Å². The first kappa shape index (κ1) is 16.0. The first-order chi connectivity index (χ1) is 11.2. The van der Waals surface area contributed by atoms with Gasteiger partial charge < -0.3 is 9.47 Å². The highest BCUT2D eigenvalue weighted by Crippen LogP contribution is 2.28. The molecule has 0 aliphatic carbocycles. The second-order valence-electron chi connectivity index (χ2n) is 6.14. The van der Waals surface area contributed by atoms with Gasteiger partial charge in [-0.15, -0.1) is 0 Å². The van der Waals surface area contributed by atoms with Crippen molar-refractivity contribution in [1.82, 2.24) is 4.90 Å². The van der Waals surface area contributed by atoms with Gasteiger partial charge in [-0.3, -0.25) is 14.5 Å². The number of nitrogens with zero attached hydrogens (tertiary/aromatic N) is 1. The Morgan fingerprint density at radius 3 is 2.83 bits per heavy atom. The quantitative estimate of drug-likeness (QED) is 0.615. The van der Waals surface area contributed by atoms with Crippen molar-refractivity contribution in [2.45, 2.75) is 26.2 Å². The van der Waals surface area contributed by atoms with Crippen LogP contribution in [0.5, 0.6) is 5.75 Å². The molecule has 2 aliphatic heterocycles. The number of carbonyl (C=O) groups is 2. The summed E-state index contributed by atoms with van der Waals surface area (Å²) < 4.78 is 10.5. The summed E-state index contributed by atoms with van der Waals surface area (Å²) in [5, 5.41) is 0. The third-order valence-electron chi connectivity index (χ3n) is 4.59. The van der Waals surface area contributed by atoms with E-state index in [4.69, 9.17) is 9.47 Å². The van der Waals surface area contributed by atoms with Gasteiger partial charge in [-0.25, -0.2) is 0 Å². The molecule has 5 nitrogen and oxygen atoms in total. The summed E-state index contributed by atoms with van der Waals surface area (Å²) in [6.07, 6.45) is 2.48. The van der Waals surface area contributed by atoms with Crippen LogP contribution in [0.15, 0.2) is 18.2 Å². The van der Waals surface area contributed by atoms with Crippen LogP contribution in [0.1, 0.15) is 35.7 Å². The molecule has 23 heavy (non-hydrogen) atoms. The van der Waals surface area contributed by atoms with E-state index in [0.717, 1.165) is 49.2 Å². The van der Waals surface area contributed by atoms with Gasteiger partial charge in [0.05, 0.1) is 19.8 Å². The molecule has 0 unspecified atom stereocenters. The molecule has 5 heteroatoms. The number of hydrogen-bond donors (Lipinski definition) is 0. The van der Waals surface area contributed by atoms with Gasteiger partial charge in [-0.2, -0.15) is 0 Å². The Labute approximate surface area is 136 Å². The summed E-state index contributed by atoms with van der Waals surface area (Å²) in [4.78, 5) is 26.3. The summed E-state index contributed by atoms with van der Waals surface area (Å²) in [6.45, 7) is 4.79. The molecule has 0 atom stereocenters. The van der Waals surface area contributed by atoms with Gasteiger partial charge in [-0.1, -0.05) is 0 Å². The highest BCUT2D eigenvalue weighted by atomic mass is 16.5. The molecule has 0 amide bonds. The molecule has 1 saturated heterocycles. The number of Topliss-reactive ketones (excluding diaryl/α,β-unsaturated/α-hetero) is 1. The van der Waals surface area contributed by atoms with Crippen molar-refractivity contribution in [1.29, 1.82) is 0 Å². The molecule has 2 heterocycles. The Hall–Kier alpha value is -1.88. The minimum Gasteiger partial charge on any atom is -0.493 e. The predicted molar refractivity (Wildman–Crippen MR) is 85.8 cm³/mol. The molecular formula is C18H23NO4. The number of fused-ring (bicyclic) bond motifs is 1. The number of esters is 1. The van der Waals surface area contributed by atoms with E-state index in [2.05, 4.69) is 4.90 Å². The van der Waals surface area contributed by atoms with Crippen molar-refractivity contribution in [2.24, 2.45) is 5.92 Å². The van der Waals surface area contributed by atoms with Crippen LogP contribution in [0.2, 0.25) is 0 Å². The molecule has 0 N–H and O–H groups in total. The van der Waals surface area contributed by atoms with Crippen molar-refractivity contribution in [2.75, 3.05) is 32.8 Å². The van der Waals surface area contributed by atoms with Gasteiger partial charge in [0.25, 0.3) is 0 Å². The number of likely N-dealkylation sites (tertiary alicyclic amines) is 1. The fourth-order valence-electron chi connectivity index (χ4n) is 3.32. The maximum absolute atomic E-state index is 12.7. The highest BCUT2D eigenvalue weighted by molar-refractivity contribution is 5.98. The number of ether oxygens (including phenoxy) is 2. The molecule has 0 radical (unpaired) electrons. The number of rotatable bonds is 5. The van der Waals surface area contributed by atoms with Crippen molar-refractivity contribution in [3.63, 3.8) is 0 Å². The van der Waals surface area contributed by atoms with Crippen LogP contribution >= 0.6 is 0 Å². The fourth-order valence-corrected chi connectivity index (χ4v) is 3.32. The minimum absolute atomic E-state index is 0.0498. The molecule has 0 saturated carbocycles. The van der Waals surface area contributed by atoms with Crippen LogP contribution in [0.25, 0.3) is 0 Å². The largest absolute Gasteiger partial charge is 0.493 e. The SMILES string of the molecule is CCOC(=O)CN1CCC(C(=O)c2ccc3c(c2)CCO3)CC1. The normalized spacial score (nSPS) is 18.3. The highest BCUT2D eigenvalue weighted by Gasteiger charge is 2.27. The van der Waals surface area contributed by atoms with E-state index in [0.29, 0.717) is 19.8 Å². The Morgan fingerprint density at radius 1 is 1.30 bits per heavy atom. The van der Waals surface area contributed by atoms with E-state index in [1.165, 1.54) is 0 Å². The van der Waals surface area contributed by atoms with Crippen molar-refractivity contribution in [3.8, 4) is 5.75 Å². The lowest BCUT2D eigenvalue weighted by atomic mass is 9.88. The molecule has 0 aromatic heterocycles. The zero-order valence-electron chi connectivity index (χ0n) is 13.5. The minimum atomic E-state index is -0.184. The fraction of sp³-hybridized carbons (Fsp3) is 0.556. The standard InChI is InChI=1S/C18H23NO4/c1-2-22-17(20)12-19-8-5-13(6-9-19)18(21)15-3-4-16-14(11-15)7-10-23-16/h3-4,11,13H,2,5-10,12H2,1H3. The first-order valence-electron chi connectivity index (χ1n) is 8.35. The summed E-state index contributed by atoms with van der Waals surface area (Å²) in [7, 11) is 0. The van der Waals surface area contributed by atoms with Gasteiger partial charge >= 0.3 is 5.97 Å². The maximum Gasteiger partial charge on any atom is 0.320 e. The second-order valence-corrected chi connectivity index (χ2v) is 6.14. The molecule has 3 rings (SSSR count). The van der Waals surface area contributed by atoms with Crippen molar-refractivity contribution in [3.05, 3.63) is 29.3 Å². The van der Waals surface area contributed by atoms with Gasteiger partial charge in [0, 0.05) is 17.9 Å². The lowest BCUT2D eigenvalue weighted by molar-refractivity contribution is -0.144. The maximum atomic E-state index is 12.7. The molecule has 1 fully saturated rings. The Kier molecular flexibility index (Phi) is 4.96. The lowest BCUT2D eigenvalue weighted by Crippen LogP contribution is -2.39. The van der Waals surface area contributed by atoms with Crippen LogP contribution in [0.4, 0.5) is 0 Å². The number of carbonyl (C=O) groups excluding carboxylic acids is 2. The van der Waals surface area contributed by atoms with E-state index in [1.54, 1.807) is 0 Å². The first-order valence-corrected chi connectivity index (χ1v) is 8.35. The van der Waals surface area contributed by atoms with Gasteiger partial charge in [0.1, 0.15) is 5.75 Å². The third kappa shape index (κ3) is 3.72. The smallest absolute Gasteiger partial charge is 0.320 e. The average molecular weight is 317 g/mol. The third-order valence-corrected chi connectivity index (χ3v) is 4.59. The predicted octanol–water partition coefficient (Wildman–Crippen LogP) is 2.08. The lowest BCUT2D eigenvalue weighted by Gasteiger charge is -2.30. The zero-order chi connectivity index (χ0) is 16.2. The molecule has 124 valence electrons. The monoisotopic (exact) mass is 317 g/mol. The van der Waals surface area contributed by atoms with Crippen LogP contribution in [-0.2, 0) is 16.0 Å². The van der Waals surface area contributed by atoms with Crippen LogP contribution in [0, 0.1) is 5.92 Å². The average Bonchev–Trinajstić information content (AvgIpc) is 3.02. The summed E-state index contributed by atoms with van der Waals surface area (Å²) in [5.41, 5.74) is 1.92. The second kappa shape index (κ2) is 7.13. The number of ketones is 1. The number of hydrogen-bond acceptors (Lipinski definition) is 5. The van der Waals surface area contributed by atoms with E-state index >= 15 is 0 Å². The summed E-state index contributed by atoms with van der Waals surface area (Å²) >= 11 is 0. The summed E-state index contributed by atoms with van der Waals surface area (Å²) in [5.74, 6) is 0.992. The Morgan fingerprint density at radius 2 is 2.09 bits per heavy atom. The van der Waals surface area contributed by atoms with Crippen LogP contribution < -0.4 is 4.74 Å². The Balaban J connectivity index is 1.55.